The smallest absolute Gasteiger partial charge is 0.406 e. The summed E-state index contributed by atoms with van der Waals surface area (Å²) < 4.78 is 42.5. The van der Waals surface area contributed by atoms with Gasteiger partial charge in [0.1, 0.15) is 5.75 Å². The van der Waals surface area contributed by atoms with Crippen molar-refractivity contribution in [1.29, 1.82) is 0 Å². The molecule has 1 atom stereocenters. The number of anilines is 2. The predicted octanol–water partition coefficient (Wildman–Crippen LogP) is 3.65. The number of nitrogens with zero attached hydrogens (tertiary/aromatic N) is 4. The van der Waals surface area contributed by atoms with Crippen molar-refractivity contribution in [3.05, 3.63) is 66.2 Å². The summed E-state index contributed by atoms with van der Waals surface area (Å²) in [4.78, 5) is 30.9. The van der Waals surface area contributed by atoms with Crippen molar-refractivity contribution in [2.75, 3.05) is 16.8 Å². The van der Waals surface area contributed by atoms with Crippen molar-refractivity contribution >= 4 is 23.2 Å². The Hall–Kier alpha value is -3.89. The second-order valence-electron chi connectivity index (χ2n) is 6.85. The highest BCUT2D eigenvalue weighted by atomic mass is 19.4. The molecule has 4 rings (SSSR count). The van der Waals surface area contributed by atoms with Crippen molar-refractivity contribution in [3.63, 3.8) is 0 Å². The van der Waals surface area contributed by atoms with Gasteiger partial charge in [-0.15, -0.1) is 13.2 Å². The fraction of sp³-hybridized carbons (Fsp3) is 0.200. The standard InChI is InChI=1S/C20H16F3N5O3/c1-12-11-27(14-4-6-15(7-5-14)31-20(21,22)23)19(30)17-16(10-25-28(12)17)26-18(29)13-3-2-8-24-9-13/h2-10,12H,11H2,1H3,(H,26,29)/t12-/m0/s1. The lowest BCUT2D eigenvalue weighted by Gasteiger charge is -2.32. The number of amides is 2. The van der Waals surface area contributed by atoms with E-state index in [4.69, 9.17) is 0 Å². The van der Waals surface area contributed by atoms with E-state index in [1.165, 1.54) is 40.3 Å². The molecule has 3 heterocycles. The SMILES string of the molecule is C[C@H]1CN(c2ccc(OC(F)(F)F)cc2)C(=O)c2c(NC(=O)c3cccnc3)cnn21. The zero-order valence-corrected chi connectivity index (χ0v) is 16.1. The average Bonchev–Trinajstić information content (AvgIpc) is 3.15. The first-order valence-corrected chi connectivity index (χ1v) is 9.19. The van der Waals surface area contributed by atoms with Crippen LogP contribution in [0, 0.1) is 0 Å². The van der Waals surface area contributed by atoms with Gasteiger partial charge in [-0.2, -0.15) is 5.10 Å². The first kappa shape index (κ1) is 20.4. The van der Waals surface area contributed by atoms with Crippen LogP contribution >= 0.6 is 0 Å². The molecule has 2 aromatic heterocycles. The summed E-state index contributed by atoms with van der Waals surface area (Å²) >= 11 is 0. The van der Waals surface area contributed by atoms with E-state index in [-0.39, 0.29) is 29.7 Å². The van der Waals surface area contributed by atoms with Gasteiger partial charge in [-0.05, 0) is 43.3 Å². The molecule has 0 spiro atoms. The van der Waals surface area contributed by atoms with Crippen LogP contribution in [0.15, 0.2) is 55.0 Å². The number of hydrogen-bond acceptors (Lipinski definition) is 5. The van der Waals surface area contributed by atoms with Crippen LogP contribution in [0.3, 0.4) is 0 Å². The Kier molecular flexibility index (Phi) is 5.09. The Labute approximate surface area is 174 Å². The molecular formula is C20H16F3N5O3. The Morgan fingerprint density at radius 3 is 2.58 bits per heavy atom. The number of rotatable bonds is 4. The molecular weight excluding hydrogens is 415 g/mol. The third-order valence-corrected chi connectivity index (χ3v) is 4.66. The molecule has 0 aliphatic carbocycles. The number of aromatic nitrogens is 3. The summed E-state index contributed by atoms with van der Waals surface area (Å²) in [6, 6.07) is 7.97. The zero-order valence-electron chi connectivity index (χ0n) is 16.1. The number of benzene rings is 1. The molecule has 0 saturated heterocycles. The lowest BCUT2D eigenvalue weighted by Crippen LogP contribution is -2.43. The van der Waals surface area contributed by atoms with Gasteiger partial charge in [0, 0.05) is 24.6 Å². The van der Waals surface area contributed by atoms with Crippen LogP contribution < -0.4 is 15.0 Å². The maximum atomic E-state index is 13.2. The van der Waals surface area contributed by atoms with Gasteiger partial charge in [0.2, 0.25) is 0 Å². The molecule has 1 aliphatic heterocycles. The molecule has 1 aromatic carbocycles. The van der Waals surface area contributed by atoms with Gasteiger partial charge in [0.05, 0.1) is 23.5 Å². The number of halogens is 3. The van der Waals surface area contributed by atoms with Gasteiger partial charge >= 0.3 is 6.36 Å². The normalized spacial score (nSPS) is 16.1. The number of fused-ring (bicyclic) bond motifs is 1. The molecule has 0 radical (unpaired) electrons. The number of carbonyl (C=O) groups excluding carboxylic acids is 2. The third kappa shape index (κ3) is 4.20. The van der Waals surface area contributed by atoms with Gasteiger partial charge in [-0.25, -0.2) is 0 Å². The molecule has 1 N–H and O–H groups in total. The van der Waals surface area contributed by atoms with Crippen LogP contribution in [-0.4, -0.2) is 39.5 Å². The lowest BCUT2D eigenvalue weighted by molar-refractivity contribution is -0.274. The van der Waals surface area contributed by atoms with Gasteiger partial charge < -0.3 is 15.0 Å². The molecule has 11 heteroatoms. The van der Waals surface area contributed by atoms with Crippen LogP contribution in [0.5, 0.6) is 5.75 Å². The Morgan fingerprint density at radius 2 is 1.94 bits per heavy atom. The van der Waals surface area contributed by atoms with Crippen LogP contribution in [0.25, 0.3) is 0 Å². The maximum absolute atomic E-state index is 13.2. The van der Waals surface area contributed by atoms with E-state index in [0.29, 0.717) is 11.3 Å². The first-order valence-electron chi connectivity index (χ1n) is 9.19. The molecule has 3 aromatic rings. The van der Waals surface area contributed by atoms with Crippen LogP contribution in [0.2, 0.25) is 0 Å². The lowest BCUT2D eigenvalue weighted by atomic mass is 10.1. The van der Waals surface area contributed by atoms with Gasteiger partial charge in [-0.1, -0.05) is 0 Å². The maximum Gasteiger partial charge on any atom is 0.573 e. The average molecular weight is 431 g/mol. The summed E-state index contributed by atoms with van der Waals surface area (Å²) in [6.45, 7) is 2.09. The molecule has 160 valence electrons. The fourth-order valence-corrected chi connectivity index (χ4v) is 3.30. The molecule has 0 bridgehead atoms. The van der Waals surface area contributed by atoms with E-state index in [9.17, 15) is 22.8 Å². The molecule has 0 fully saturated rings. The van der Waals surface area contributed by atoms with E-state index in [1.54, 1.807) is 12.1 Å². The van der Waals surface area contributed by atoms with Crippen molar-refractivity contribution < 1.29 is 27.5 Å². The quantitative estimate of drug-likeness (QED) is 0.681. The van der Waals surface area contributed by atoms with Crippen LogP contribution in [-0.2, 0) is 0 Å². The van der Waals surface area contributed by atoms with E-state index >= 15 is 0 Å². The number of nitrogens with one attached hydrogen (secondary N) is 1. The summed E-state index contributed by atoms with van der Waals surface area (Å²) in [7, 11) is 0. The minimum absolute atomic E-state index is 0.173. The molecule has 8 nitrogen and oxygen atoms in total. The van der Waals surface area contributed by atoms with Crippen molar-refractivity contribution in [3.8, 4) is 5.75 Å². The van der Waals surface area contributed by atoms with E-state index < -0.39 is 18.2 Å². The highest BCUT2D eigenvalue weighted by Gasteiger charge is 2.34. The van der Waals surface area contributed by atoms with E-state index in [0.717, 1.165) is 12.1 Å². The predicted molar refractivity (Wildman–Crippen MR) is 104 cm³/mol. The van der Waals surface area contributed by atoms with Gasteiger partial charge in [0.25, 0.3) is 11.8 Å². The number of ether oxygens (including phenoxy) is 1. The Balaban J connectivity index is 1.59. The second kappa shape index (κ2) is 7.74. The number of alkyl halides is 3. The topological polar surface area (TPSA) is 89.3 Å². The van der Waals surface area contributed by atoms with E-state index in [1.807, 2.05) is 6.92 Å². The summed E-state index contributed by atoms with van der Waals surface area (Å²) in [6.07, 6.45) is -0.480. The minimum atomic E-state index is -4.80. The monoisotopic (exact) mass is 431 g/mol. The Bertz CT molecular complexity index is 1110. The second-order valence-corrected chi connectivity index (χ2v) is 6.85. The van der Waals surface area contributed by atoms with Crippen molar-refractivity contribution in [2.45, 2.75) is 19.3 Å². The molecule has 1 aliphatic rings. The number of hydrogen-bond donors (Lipinski definition) is 1. The summed E-state index contributed by atoms with van der Waals surface area (Å²) in [5.74, 6) is -1.28. The van der Waals surface area contributed by atoms with Gasteiger partial charge in [0.15, 0.2) is 5.69 Å². The number of carbonyl (C=O) groups is 2. The van der Waals surface area contributed by atoms with Crippen molar-refractivity contribution in [2.24, 2.45) is 0 Å². The van der Waals surface area contributed by atoms with Crippen LogP contribution in [0.1, 0.15) is 33.8 Å². The highest BCUT2D eigenvalue weighted by Crippen LogP contribution is 2.32. The highest BCUT2D eigenvalue weighted by molar-refractivity contribution is 6.13. The third-order valence-electron chi connectivity index (χ3n) is 4.66. The molecule has 2 amide bonds. The zero-order chi connectivity index (χ0) is 22.2. The minimum Gasteiger partial charge on any atom is -0.406 e. The van der Waals surface area contributed by atoms with Crippen molar-refractivity contribution in [1.82, 2.24) is 14.8 Å². The van der Waals surface area contributed by atoms with Crippen LogP contribution in [0.4, 0.5) is 24.5 Å². The molecule has 31 heavy (non-hydrogen) atoms. The fourth-order valence-electron chi connectivity index (χ4n) is 3.30. The Morgan fingerprint density at radius 1 is 1.19 bits per heavy atom. The van der Waals surface area contributed by atoms with Gasteiger partial charge in [-0.3, -0.25) is 19.3 Å². The molecule has 0 unspecified atom stereocenters. The summed E-state index contributed by atoms with van der Waals surface area (Å²) in [5.41, 5.74) is 1.11. The first-order chi connectivity index (χ1) is 14.7. The molecule has 0 saturated carbocycles. The largest absolute Gasteiger partial charge is 0.573 e. The number of pyridine rings is 1. The summed E-state index contributed by atoms with van der Waals surface area (Å²) in [5, 5.41) is 6.88. The van der Waals surface area contributed by atoms with E-state index in [2.05, 4.69) is 20.1 Å².